The fourth-order valence-corrected chi connectivity index (χ4v) is 2.51. The Balaban J connectivity index is 1.97. The average Bonchev–Trinajstić information content (AvgIpc) is 2.92. The zero-order valence-corrected chi connectivity index (χ0v) is 14.2. The highest BCUT2D eigenvalue weighted by Gasteiger charge is 2.09. The van der Waals surface area contributed by atoms with Gasteiger partial charge in [-0.05, 0) is 46.6 Å². The molecule has 1 heterocycles. The number of hydrogen-bond donors (Lipinski definition) is 1. The van der Waals surface area contributed by atoms with Crippen LogP contribution < -0.4 is 10.1 Å². The third kappa shape index (κ3) is 4.58. The zero-order chi connectivity index (χ0) is 15.2. The van der Waals surface area contributed by atoms with E-state index in [4.69, 9.17) is 9.15 Å². The lowest BCUT2D eigenvalue weighted by atomic mass is 10.2. The van der Waals surface area contributed by atoms with Crippen molar-refractivity contribution in [3.05, 3.63) is 34.8 Å². The number of rotatable bonds is 7. The minimum Gasteiger partial charge on any atom is -0.496 e. The van der Waals surface area contributed by atoms with Crippen molar-refractivity contribution in [3.63, 3.8) is 0 Å². The van der Waals surface area contributed by atoms with Crippen molar-refractivity contribution in [2.45, 2.75) is 20.3 Å². The zero-order valence-electron chi connectivity index (χ0n) is 12.6. The highest BCUT2D eigenvalue weighted by atomic mass is 79.9. The highest BCUT2D eigenvalue weighted by molar-refractivity contribution is 9.10. The van der Waals surface area contributed by atoms with Crippen LogP contribution in [0.2, 0.25) is 0 Å². The Bertz CT molecular complexity index is 581. The number of hydrogen-bond acceptors (Lipinski definition) is 4. The maximum absolute atomic E-state index is 5.79. The van der Waals surface area contributed by atoms with Crippen LogP contribution in [0.1, 0.15) is 19.7 Å². The molecule has 0 fully saturated rings. The van der Waals surface area contributed by atoms with E-state index in [1.165, 1.54) is 0 Å². The molecule has 5 heteroatoms. The van der Waals surface area contributed by atoms with E-state index >= 15 is 0 Å². The third-order valence-corrected chi connectivity index (χ3v) is 3.68. The van der Waals surface area contributed by atoms with E-state index in [9.17, 15) is 0 Å². The fraction of sp³-hybridized carbons (Fsp3) is 0.438. The Morgan fingerprint density at radius 1 is 1.38 bits per heavy atom. The summed E-state index contributed by atoms with van der Waals surface area (Å²) in [5.74, 6) is 2.99. The van der Waals surface area contributed by atoms with Crippen molar-refractivity contribution >= 4 is 15.9 Å². The summed E-state index contributed by atoms with van der Waals surface area (Å²) in [6, 6.07) is 5.84. The molecule has 0 saturated heterocycles. The first-order valence-electron chi connectivity index (χ1n) is 7.09. The molecule has 0 unspecified atom stereocenters. The van der Waals surface area contributed by atoms with Crippen LogP contribution in [0.5, 0.6) is 5.75 Å². The van der Waals surface area contributed by atoms with Gasteiger partial charge in [0.15, 0.2) is 11.7 Å². The molecule has 0 atom stereocenters. The van der Waals surface area contributed by atoms with Crippen molar-refractivity contribution in [1.29, 1.82) is 0 Å². The molecular weight excluding hydrogens is 332 g/mol. The first kappa shape index (κ1) is 16.0. The summed E-state index contributed by atoms with van der Waals surface area (Å²) in [6.07, 6.45) is 2.57. The van der Waals surface area contributed by atoms with Crippen molar-refractivity contribution in [2.24, 2.45) is 5.92 Å². The number of methoxy groups -OCH3 is 1. The predicted octanol–water partition coefficient (Wildman–Crippen LogP) is 3.90. The van der Waals surface area contributed by atoms with Gasteiger partial charge >= 0.3 is 0 Å². The first-order valence-corrected chi connectivity index (χ1v) is 7.88. The predicted molar refractivity (Wildman–Crippen MR) is 87.6 cm³/mol. The summed E-state index contributed by atoms with van der Waals surface area (Å²) in [4.78, 5) is 4.33. The SMILES string of the molecule is COc1ccc(-c2cnc(CCNCC(C)C)o2)cc1Br. The van der Waals surface area contributed by atoms with Crippen LogP contribution in [0.25, 0.3) is 11.3 Å². The van der Waals surface area contributed by atoms with E-state index in [0.29, 0.717) is 5.92 Å². The number of oxazole rings is 1. The second-order valence-corrected chi connectivity index (χ2v) is 6.17. The van der Waals surface area contributed by atoms with Crippen LogP contribution in [0.3, 0.4) is 0 Å². The smallest absolute Gasteiger partial charge is 0.196 e. The van der Waals surface area contributed by atoms with Gasteiger partial charge in [0, 0.05) is 18.5 Å². The molecule has 114 valence electrons. The van der Waals surface area contributed by atoms with Crippen LogP contribution in [0.15, 0.2) is 33.3 Å². The minimum atomic E-state index is 0.654. The van der Waals surface area contributed by atoms with E-state index in [1.54, 1.807) is 13.3 Å². The Hall–Kier alpha value is -1.33. The average molecular weight is 353 g/mol. The molecular formula is C16H21BrN2O2. The van der Waals surface area contributed by atoms with E-state index in [-0.39, 0.29) is 0 Å². The summed E-state index contributed by atoms with van der Waals surface area (Å²) in [5, 5.41) is 3.38. The van der Waals surface area contributed by atoms with Gasteiger partial charge in [0.25, 0.3) is 0 Å². The van der Waals surface area contributed by atoms with Gasteiger partial charge < -0.3 is 14.5 Å². The van der Waals surface area contributed by atoms with Gasteiger partial charge in [0.1, 0.15) is 5.75 Å². The molecule has 0 bridgehead atoms. The largest absolute Gasteiger partial charge is 0.496 e. The molecule has 0 spiro atoms. The van der Waals surface area contributed by atoms with E-state index in [2.05, 4.69) is 40.1 Å². The molecule has 0 amide bonds. The van der Waals surface area contributed by atoms with Crippen molar-refractivity contribution in [3.8, 4) is 17.1 Å². The maximum atomic E-state index is 5.79. The lowest BCUT2D eigenvalue weighted by Crippen LogP contribution is -2.22. The number of benzene rings is 1. The minimum absolute atomic E-state index is 0.654. The van der Waals surface area contributed by atoms with E-state index in [1.807, 2.05) is 18.2 Å². The monoisotopic (exact) mass is 352 g/mol. The lowest BCUT2D eigenvalue weighted by Gasteiger charge is -2.05. The number of halogens is 1. The van der Waals surface area contributed by atoms with E-state index < -0.39 is 0 Å². The molecule has 2 aromatic rings. The van der Waals surface area contributed by atoms with Crippen LogP contribution in [-0.2, 0) is 6.42 Å². The third-order valence-electron chi connectivity index (χ3n) is 3.06. The molecule has 21 heavy (non-hydrogen) atoms. The Labute approximate surface area is 134 Å². The quantitative estimate of drug-likeness (QED) is 0.767. The second-order valence-electron chi connectivity index (χ2n) is 5.32. The number of nitrogens with zero attached hydrogens (tertiary/aromatic N) is 1. The molecule has 0 aliphatic rings. The van der Waals surface area contributed by atoms with E-state index in [0.717, 1.165) is 46.9 Å². The molecule has 2 rings (SSSR count). The van der Waals surface area contributed by atoms with Gasteiger partial charge in [0.2, 0.25) is 0 Å². The Morgan fingerprint density at radius 3 is 2.86 bits per heavy atom. The molecule has 0 radical (unpaired) electrons. The van der Waals surface area contributed by atoms with Gasteiger partial charge in [-0.15, -0.1) is 0 Å². The number of aromatic nitrogens is 1. The Kier molecular flexibility index (Phi) is 5.82. The molecule has 0 aliphatic carbocycles. The highest BCUT2D eigenvalue weighted by Crippen LogP contribution is 2.30. The normalized spacial score (nSPS) is 11.1. The second kappa shape index (κ2) is 7.61. The van der Waals surface area contributed by atoms with Gasteiger partial charge in [-0.25, -0.2) is 4.98 Å². The summed E-state index contributed by atoms with van der Waals surface area (Å²) >= 11 is 3.48. The Morgan fingerprint density at radius 2 is 2.19 bits per heavy atom. The molecule has 0 aliphatic heterocycles. The maximum Gasteiger partial charge on any atom is 0.196 e. The number of ether oxygens (including phenoxy) is 1. The summed E-state index contributed by atoms with van der Waals surface area (Å²) in [7, 11) is 1.65. The van der Waals surface area contributed by atoms with Gasteiger partial charge in [-0.2, -0.15) is 0 Å². The first-order chi connectivity index (χ1) is 10.1. The number of nitrogens with one attached hydrogen (secondary N) is 1. The molecule has 4 nitrogen and oxygen atoms in total. The fourth-order valence-electron chi connectivity index (χ4n) is 1.97. The lowest BCUT2D eigenvalue weighted by molar-refractivity contribution is 0.412. The topological polar surface area (TPSA) is 47.3 Å². The van der Waals surface area contributed by atoms with Crippen LogP contribution in [0.4, 0.5) is 0 Å². The summed E-state index contributed by atoms with van der Waals surface area (Å²) in [6.45, 7) is 6.28. The molecule has 0 saturated carbocycles. The van der Waals surface area contributed by atoms with Crippen LogP contribution >= 0.6 is 15.9 Å². The van der Waals surface area contributed by atoms with Crippen molar-refractivity contribution in [2.75, 3.05) is 20.2 Å². The van der Waals surface area contributed by atoms with Gasteiger partial charge in [-0.3, -0.25) is 0 Å². The summed E-state index contributed by atoms with van der Waals surface area (Å²) in [5.41, 5.74) is 0.983. The molecule has 1 aromatic heterocycles. The van der Waals surface area contributed by atoms with Gasteiger partial charge in [0.05, 0.1) is 17.8 Å². The van der Waals surface area contributed by atoms with Crippen LogP contribution in [0, 0.1) is 5.92 Å². The van der Waals surface area contributed by atoms with Crippen molar-refractivity contribution < 1.29 is 9.15 Å². The van der Waals surface area contributed by atoms with Crippen molar-refractivity contribution in [1.82, 2.24) is 10.3 Å². The van der Waals surface area contributed by atoms with Crippen LogP contribution in [-0.4, -0.2) is 25.2 Å². The summed E-state index contributed by atoms with van der Waals surface area (Å²) < 4.78 is 11.9. The molecule has 1 aromatic carbocycles. The molecule has 1 N–H and O–H groups in total. The standard InChI is InChI=1S/C16H21BrN2O2/c1-11(2)9-18-7-6-16-19-10-15(21-16)12-4-5-14(20-3)13(17)8-12/h4-5,8,10-11,18H,6-7,9H2,1-3H3. The van der Waals surface area contributed by atoms with Gasteiger partial charge in [-0.1, -0.05) is 13.8 Å².